The highest BCUT2D eigenvalue weighted by atomic mass is 16.5. The van der Waals surface area contributed by atoms with E-state index in [0.717, 1.165) is 19.5 Å². The fourth-order valence-corrected chi connectivity index (χ4v) is 4.02. The fraction of sp³-hybridized carbons (Fsp3) is 0.824. The molecule has 1 aromatic heterocycles. The number of hydrogen-bond acceptors (Lipinski definition) is 5. The zero-order chi connectivity index (χ0) is 16.1. The molecule has 1 aromatic rings. The summed E-state index contributed by atoms with van der Waals surface area (Å²) in [6, 6.07) is 0. The topological polar surface area (TPSA) is 68.5 Å². The van der Waals surface area contributed by atoms with Gasteiger partial charge in [0.25, 0.3) is 5.89 Å². The molecule has 2 heterocycles. The van der Waals surface area contributed by atoms with Gasteiger partial charge in [-0.3, -0.25) is 4.79 Å². The second-order valence-electron chi connectivity index (χ2n) is 7.06. The van der Waals surface area contributed by atoms with Gasteiger partial charge in [-0.1, -0.05) is 30.8 Å². The first-order chi connectivity index (χ1) is 11.2. The summed E-state index contributed by atoms with van der Waals surface area (Å²) in [5.74, 6) is 1.10. The van der Waals surface area contributed by atoms with Gasteiger partial charge in [-0.15, -0.1) is 0 Å². The Morgan fingerprint density at radius 3 is 2.65 bits per heavy atom. The summed E-state index contributed by atoms with van der Waals surface area (Å²) in [4.78, 5) is 18.5. The molecular weight excluding hydrogens is 294 g/mol. The third kappa shape index (κ3) is 4.31. The Labute approximate surface area is 137 Å². The molecule has 2 fully saturated rings. The van der Waals surface area contributed by atoms with Gasteiger partial charge in [-0.25, -0.2) is 0 Å². The Hall–Kier alpha value is -1.43. The first-order valence-corrected chi connectivity index (χ1v) is 8.82. The molecule has 1 spiro atoms. The Balaban J connectivity index is 1.48. The largest absolute Gasteiger partial charge is 0.362 e. The predicted molar refractivity (Wildman–Crippen MR) is 84.6 cm³/mol. The molecular formula is C17H27N3O3. The predicted octanol–water partition coefficient (Wildman–Crippen LogP) is 2.86. The van der Waals surface area contributed by atoms with Gasteiger partial charge in [0.15, 0.2) is 5.82 Å². The number of carbonyl (C=O) groups excluding carboxylic acids is 1. The van der Waals surface area contributed by atoms with Gasteiger partial charge >= 0.3 is 0 Å². The lowest BCUT2D eigenvalue weighted by Crippen LogP contribution is -2.47. The van der Waals surface area contributed by atoms with Gasteiger partial charge in [0.2, 0.25) is 5.91 Å². The van der Waals surface area contributed by atoms with Gasteiger partial charge in [0.1, 0.15) is 13.2 Å². The molecule has 0 unspecified atom stereocenters. The molecule has 6 nitrogen and oxygen atoms in total. The number of ether oxygens (including phenoxy) is 1. The Morgan fingerprint density at radius 1 is 1.22 bits per heavy atom. The molecule has 23 heavy (non-hydrogen) atoms. The zero-order valence-corrected chi connectivity index (χ0v) is 14.1. The SMILES string of the molecule is Cc1noc(COCC(=O)N2CCCC3(CCCCCC3)C2)n1. The molecule has 1 saturated heterocycles. The minimum absolute atomic E-state index is 0.0876. The van der Waals surface area contributed by atoms with Crippen LogP contribution in [-0.2, 0) is 16.1 Å². The third-order valence-corrected chi connectivity index (χ3v) is 5.20. The number of piperidine rings is 1. The number of nitrogens with zero attached hydrogens (tertiary/aromatic N) is 3. The first kappa shape index (κ1) is 16.4. The minimum Gasteiger partial charge on any atom is -0.362 e. The number of aryl methyl sites for hydroxylation is 1. The van der Waals surface area contributed by atoms with Crippen molar-refractivity contribution >= 4 is 5.91 Å². The lowest BCUT2D eigenvalue weighted by Gasteiger charge is -2.42. The van der Waals surface area contributed by atoms with E-state index in [1.54, 1.807) is 6.92 Å². The van der Waals surface area contributed by atoms with Crippen LogP contribution in [0.4, 0.5) is 0 Å². The number of likely N-dealkylation sites (tertiary alicyclic amines) is 1. The second-order valence-corrected chi connectivity index (χ2v) is 7.06. The van der Waals surface area contributed by atoms with Crippen molar-refractivity contribution in [1.29, 1.82) is 0 Å². The lowest BCUT2D eigenvalue weighted by molar-refractivity contribution is -0.140. The van der Waals surface area contributed by atoms with E-state index in [-0.39, 0.29) is 19.1 Å². The van der Waals surface area contributed by atoms with Crippen LogP contribution in [-0.4, -0.2) is 40.6 Å². The van der Waals surface area contributed by atoms with Crippen molar-refractivity contribution in [2.45, 2.75) is 64.9 Å². The van der Waals surface area contributed by atoms with Crippen LogP contribution in [0.15, 0.2) is 4.52 Å². The van der Waals surface area contributed by atoms with Crippen molar-refractivity contribution in [3.05, 3.63) is 11.7 Å². The van der Waals surface area contributed by atoms with Crippen LogP contribution >= 0.6 is 0 Å². The maximum Gasteiger partial charge on any atom is 0.252 e. The maximum absolute atomic E-state index is 12.4. The van der Waals surface area contributed by atoms with E-state index in [4.69, 9.17) is 9.26 Å². The van der Waals surface area contributed by atoms with Crippen molar-refractivity contribution in [2.75, 3.05) is 19.7 Å². The van der Waals surface area contributed by atoms with Crippen LogP contribution in [0, 0.1) is 12.3 Å². The summed E-state index contributed by atoms with van der Waals surface area (Å²) in [5, 5.41) is 3.71. The van der Waals surface area contributed by atoms with Crippen LogP contribution in [0.3, 0.4) is 0 Å². The number of carbonyl (C=O) groups is 1. The molecule has 0 radical (unpaired) electrons. The van der Waals surface area contributed by atoms with Crippen LogP contribution < -0.4 is 0 Å². The molecule has 0 atom stereocenters. The van der Waals surface area contributed by atoms with Gasteiger partial charge in [-0.2, -0.15) is 4.98 Å². The van der Waals surface area contributed by atoms with Gasteiger partial charge < -0.3 is 14.2 Å². The molecule has 1 aliphatic heterocycles. The Morgan fingerprint density at radius 2 is 1.96 bits per heavy atom. The number of rotatable bonds is 4. The summed E-state index contributed by atoms with van der Waals surface area (Å²) in [7, 11) is 0. The average Bonchev–Trinajstić information content (AvgIpc) is 2.83. The molecule has 0 N–H and O–H groups in total. The number of amides is 1. The van der Waals surface area contributed by atoms with Gasteiger partial charge in [0.05, 0.1) is 0 Å². The lowest BCUT2D eigenvalue weighted by atomic mass is 9.74. The van der Waals surface area contributed by atoms with Crippen molar-refractivity contribution < 1.29 is 14.1 Å². The molecule has 0 aromatic carbocycles. The van der Waals surface area contributed by atoms with E-state index >= 15 is 0 Å². The molecule has 128 valence electrons. The number of aromatic nitrogens is 2. The molecule has 2 aliphatic rings. The molecule has 1 aliphatic carbocycles. The molecule has 1 amide bonds. The molecule has 6 heteroatoms. The van der Waals surface area contributed by atoms with E-state index < -0.39 is 0 Å². The third-order valence-electron chi connectivity index (χ3n) is 5.20. The van der Waals surface area contributed by atoms with Crippen LogP contribution in [0.2, 0.25) is 0 Å². The van der Waals surface area contributed by atoms with E-state index in [9.17, 15) is 4.79 Å². The minimum atomic E-state index is 0.0876. The first-order valence-electron chi connectivity index (χ1n) is 8.82. The van der Waals surface area contributed by atoms with Gasteiger partial charge in [-0.05, 0) is 38.0 Å². The summed E-state index contributed by atoms with van der Waals surface area (Å²) in [5.41, 5.74) is 0.369. The standard InChI is InChI=1S/C17H27N3O3/c1-14-18-15(23-19-14)11-22-12-16(21)20-10-6-9-17(13-20)7-4-2-3-5-8-17/h2-13H2,1H3. The molecule has 1 saturated carbocycles. The van der Waals surface area contributed by atoms with Crippen molar-refractivity contribution in [3.8, 4) is 0 Å². The van der Waals surface area contributed by atoms with E-state index in [2.05, 4.69) is 10.1 Å². The van der Waals surface area contributed by atoms with Crippen LogP contribution in [0.5, 0.6) is 0 Å². The molecule has 0 bridgehead atoms. The van der Waals surface area contributed by atoms with Crippen molar-refractivity contribution in [3.63, 3.8) is 0 Å². The number of hydrogen-bond donors (Lipinski definition) is 0. The van der Waals surface area contributed by atoms with E-state index in [1.165, 1.54) is 44.9 Å². The second kappa shape index (κ2) is 7.43. The highest BCUT2D eigenvalue weighted by molar-refractivity contribution is 5.77. The fourth-order valence-electron chi connectivity index (χ4n) is 4.02. The highest BCUT2D eigenvalue weighted by Crippen LogP contribution is 2.42. The monoisotopic (exact) mass is 321 g/mol. The maximum atomic E-state index is 12.4. The smallest absolute Gasteiger partial charge is 0.252 e. The van der Waals surface area contributed by atoms with Gasteiger partial charge in [0, 0.05) is 13.1 Å². The van der Waals surface area contributed by atoms with Crippen LogP contribution in [0.1, 0.15) is 63.1 Å². The Kier molecular flexibility index (Phi) is 5.30. The normalized spacial score (nSPS) is 21.3. The van der Waals surface area contributed by atoms with Crippen molar-refractivity contribution in [1.82, 2.24) is 15.0 Å². The quantitative estimate of drug-likeness (QED) is 0.853. The summed E-state index contributed by atoms with van der Waals surface area (Å²) < 4.78 is 10.4. The van der Waals surface area contributed by atoms with Crippen LogP contribution in [0.25, 0.3) is 0 Å². The Bertz CT molecular complexity index is 521. The average molecular weight is 321 g/mol. The summed E-state index contributed by atoms with van der Waals surface area (Å²) in [6.07, 6.45) is 10.3. The van der Waals surface area contributed by atoms with E-state index in [0.29, 0.717) is 17.1 Å². The summed E-state index contributed by atoms with van der Waals surface area (Å²) >= 11 is 0. The molecule has 3 rings (SSSR count). The van der Waals surface area contributed by atoms with E-state index in [1.807, 2.05) is 4.90 Å². The highest BCUT2D eigenvalue weighted by Gasteiger charge is 2.37. The zero-order valence-electron chi connectivity index (χ0n) is 14.1. The summed E-state index contributed by atoms with van der Waals surface area (Å²) in [6.45, 7) is 3.83. The van der Waals surface area contributed by atoms with Crippen molar-refractivity contribution in [2.24, 2.45) is 5.41 Å².